The van der Waals surface area contributed by atoms with Crippen molar-refractivity contribution in [1.29, 1.82) is 0 Å². The van der Waals surface area contributed by atoms with Crippen molar-refractivity contribution < 1.29 is 4.79 Å². The van der Waals surface area contributed by atoms with Crippen molar-refractivity contribution >= 4 is 34.2 Å². The highest BCUT2D eigenvalue weighted by Crippen LogP contribution is 2.27. The Morgan fingerprint density at radius 2 is 2.04 bits per heavy atom. The van der Waals surface area contributed by atoms with E-state index in [1.165, 1.54) is 0 Å². The standard InChI is InChI=1S/C18H22BrN3O.ClH/c1-12-10-15(18(23)21(3)14-8-9-20-11-14)13(2)22(12)17-7-5-4-6-16(17)19;/h4-7,10,14,20H,8-9,11H2,1-3H3;1H. The molecule has 1 aromatic carbocycles. The first-order valence-corrected chi connectivity index (χ1v) is 8.71. The fourth-order valence-electron chi connectivity index (χ4n) is 3.31. The second kappa shape index (κ2) is 7.72. The van der Waals surface area contributed by atoms with E-state index in [0.717, 1.165) is 46.6 Å². The molecule has 1 fully saturated rings. The number of aromatic nitrogens is 1. The van der Waals surface area contributed by atoms with Gasteiger partial charge in [-0.05, 0) is 60.9 Å². The Bertz CT molecular complexity index is 738. The highest BCUT2D eigenvalue weighted by molar-refractivity contribution is 9.10. The van der Waals surface area contributed by atoms with E-state index in [1.807, 2.05) is 50.1 Å². The quantitative estimate of drug-likeness (QED) is 0.834. The van der Waals surface area contributed by atoms with Crippen molar-refractivity contribution in [1.82, 2.24) is 14.8 Å². The number of amides is 1. The summed E-state index contributed by atoms with van der Waals surface area (Å²) in [5.41, 5.74) is 3.90. The third-order valence-corrected chi connectivity index (χ3v) is 5.33. The van der Waals surface area contributed by atoms with Crippen molar-refractivity contribution in [2.75, 3.05) is 20.1 Å². The van der Waals surface area contributed by atoms with Crippen molar-refractivity contribution in [2.45, 2.75) is 26.3 Å². The Labute approximate surface area is 157 Å². The van der Waals surface area contributed by atoms with Gasteiger partial charge in [-0.1, -0.05) is 12.1 Å². The van der Waals surface area contributed by atoms with E-state index in [0.29, 0.717) is 0 Å². The van der Waals surface area contributed by atoms with E-state index >= 15 is 0 Å². The Morgan fingerprint density at radius 3 is 2.67 bits per heavy atom. The van der Waals surface area contributed by atoms with Gasteiger partial charge in [0.2, 0.25) is 0 Å². The lowest BCUT2D eigenvalue weighted by Gasteiger charge is -2.24. The summed E-state index contributed by atoms with van der Waals surface area (Å²) in [6, 6.07) is 10.4. The van der Waals surface area contributed by atoms with Crippen LogP contribution in [0.3, 0.4) is 0 Å². The molecule has 1 aliphatic rings. The molecule has 2 aromatic rings. The summed E-state index contributed by atoms with van der Waals surface area (Å²) in [7, 11) is 1.91. The molecule has 3 rings (SSSR count). The predicted molar refractivity (Wildman–Crippen MR) is 104 cm³/mol. The van der Waals surface area contributed by atoms with Gasteiger partial charge in [0.1, 0.15) is 0 Å². The Hall–Kier alpha value is -1.30. The predicted octanol–water partition coefficient (Wildman–Crippen LogP) is 3.71. The molecule has 24 heavy (non-hydrogen) atoms. The van der Waals surface area contributed by atoms with Crippen molar-refractivity contribution in [3.8, 4) is 5.69 Å². The van der Waals surface area contributed by atoms with Gasteiger partial charge < -0.3 is 14.8 Å². The lowest BCUT2D eigenvalue weighted by molar-refractivity contribution is 0.0743. The van der Waals surface area contributed by atoms with Gasteiger partial charge in [-0.3, -0.25) is 4.79 Å². The lowest BCUT2D eigenvalue weighted by atomic mass is 10.1. The van der Waals surface area contributed by atoms with Crippen molar-refractivity contribution in [3.05, 3.63) is 51.8 Å². The number of hydrogen-bond donors (Lipinski definition) is 1. The second-order valence-corrected chi connectivity index (χ2v) is 6.99. The number of nitrogens with zero attached hydrogens (tertiary/aromatic N) is 2. The minimum atomic E-state index is 0. The van der Waals surface area contributed by atoms with Gasteiger partial charge in [0.15, 0.2) is 0 Å². The third kappa shape index (κ3) is 3.39. The number of halogens is 2. The number of aryl methyl sites for hydroxylation is 1. The monoisotopic (exact) mass is 411 g/mol. The van der Waals surface area contributed by atoms with Crippen LogP contribution >= 0.6 is 28.3 Å². The van der Waals surface area contributed by atoms with Crippen LogP contribution in [0.1, 0.15) is 28.2 Å². The van der Waals surface area contributed by atoms with E-state index in [9.17, 15) is 4.79 Å². The molecule has 1 aromatic heterocycles. The summed E-state index contributed by atoms with van der Waals surface area (Å²) in [5, 5.41) is 3.32. The number of benzene rings is 1. The van der Waals surface area contributed by atoms with Gasteiger partial charge in [0.25, 0.3) is 5.91 Å². The fourth-order valence-corrected chi connectivity index (χ4v) is 3.77. The molecule has 130 valence electrons. The molecule has 1 amide bonds. The molecular formula is C18H23BrClN3O. The summed E-state index contributed by atoms with van der Waals surface area (Å²) in [5.74, 6) is 0.102. The summed E-state index contributed by atoms with van der Waals surface area (Å²) >= 11 is 3.61. The van der Waals surface area contributed by atoms with Crippen LogP contribution in [0.25, 0.3) is 5.69 Å². The molecule has 4 nitrogen and oxygen atoms in total. The molecule has 0 radical (unpaired) electrons. The number of likely N-dealkylation sites (N-methyl/N-ethyl adjacent to an activating group) is 1. The number of para-hydroxylation sites is 1. The minimum absolute atomic E-state index is 0. The van der Waals surface area contributed by atoms with E-state index in [2.05, 4.69) is 31.9 Å². The number of nitrogens with one attached hydrogen (secondary N) is 1. The average molecular weight is 413 g/mol. The third-order valence-electron chi connectivity index (χ3n) is 4.66. The van der Waals surface area contributed by atoms with E-state index < -0.39 is 0 Å². The maximum atomic E-state index is 12.9. The van der Waals surface area contributed by atoms with Crippen LogP contribution in [-0.4, -0.2) is 41.6 Å². The van der Waals surface area contributed by atoms with Crippen LogP contribution in [0.15, 0.2) is 34.8 Å². The molecule has 0 bridgehead atoms. The Balaban J connectivity index is 0.00000208. The maximum Gasteiger partial charge on any atom is 0.255 e. The summed E-state index contributed by atoms with van der Waals surface area (Å²) in [6.07, 6.45) is 1.02. The molecular weight excluding hydrogens is 390 g/mol. The first-order valence-electron chi connectivity index (χ1n) is 7.92. The Kier molecular flexibility index (Phi) is 6.12. The van der Waals surface area contributed by atoms with Crippen LogP contribution in [0.5, 0.6) is 0 Å². The zero-order valence-electron chi connectivity index (χ0n) is 14.2. The van der Waals surface area contributed by atoms with Crippen LogP contribution < -0.4 is 5.32 Å². The first-order chi connectivity index (χ1) is 11.0. The normalized spacial score (nSPS) is 16.8. The SMILES string of the molecule is Cc1cc(C(=O)N(C)C2CCNC2)c(C)n1-c1ccccc1Br.Cl. The molecule has 1 aliphatic heterocycles. The van der Waals surface area contributed by atoms with Gasteiger partial charge >= 0.3 is 0 Å². The zero-order chi connectivity index (χ0) is 16.6. The van der Waals surface area contributed by atoms with Gasteiger partial charge in [-0.2, -0.15) is 0 Å². The van der Waals surface area contributed by atoms with Crippen LogP contribution in [-0.2, 0) is 0 Å². The highest BCUT2D eigenvalue weighted by atomic mass is 79.9. The molecule has 1 saturated heterocycles. The maximum absolute atomic E-state index is 12.9. The molecule has 0 saturated carbocycles. The number of carbonyl (C=O) groups is 1. The zero-order valence-corrected chi connectivity index (χ0v) is 16.6. The van der Waals surface area contributed by atoms with E-state index in [1.54, 1.807) is 0 Å². The number of rotatable bonds is 3. The molecule has 0 spiro atoms. The molecule has 1 atom stereocenters. The Morgan fingerprint density at radius 1 is 1.33 bits per heavy atom. The van der Waals surface area contributed by atoms with Gasteiger partial charge in [0.05, 0.1) is 11.3 Å². The van der Waals surface area contributed by atoms with Crippen LogP contribution in [0.2, 0.25) is 0 Å². The molecule has 0 aliphatic carbocycles. The fraction of sp³-hybridized carbons (Fsp3) is 0.389. The summed E-state index contributed by atoms with van der Waals surface area (Å²) in [6.45, 7) is 5.92. The van der Waals surface area contributed by atoms with E-state index in [-0.39, 0.29) is 24.4 Å². The molecule has 1 unspecified atom stereocenters. The molecule has 1 N–H and O–H groups in total. The van der Waals surface area contributed by atoms with E-state index in [4.69, 9.17) is 0 Å². The van der Waals surface area contributed by atoms with Crippen molar-refractivity contribution in [3.63, 3.8) is 0 Å². The average Bonchev–Trinajstić information content (AvgIpc) is 3.16. The number of hydrogen-bond acceptors (Lipinski definition) is 2. The highest BCUT2D eigenvalue weighted by Gasteiger charge is 2.27. The largest absolute Gasteiger partial charge is 0.337 e. The second-order valence-electron chi connectivity index (χ2n) is 6.13. The smallest absolute Gasteiger partial charge is 0.255 e. The van der Waals surface area contributed by atoms with Gasteiger partial charge in [0, 0.05) is 35.5 Å². The number of carbonyl (C=O) groups excluding carboxylic acids is 1. The lowest BCUT2D eigenvalue weighted by Crippen LogP contribution is -2.38. The van der Waals surface area contributed by atoms with Gasteiger partial charge in [-0.25, -0.2) is 0 Å². The summed E-state index contributed by atoms with van der Waals surface area (Å²) < 4.78 is 3.16. The first kappa shape index (κ1) is 19.0. The summed E-state index contributed by atoms with van der Waals surface area (Å²) in [4.78, 5) is 14.8. The van der Waals surface area contributed by atoms with Crippen molar-refractivity contribution in [2.24, 2.45) is 0 Å². The van der Waals surface area contributed by atoms with Crippen LogP contribution in [0.4, 0.5) is 0 Å². The minimum Gasteiger partial charge on any atom is -0.337 e. The van der Waals surface area contributed by atoms with Gasteiger partial charge in [-0.15, -0.1) is 12.4 Å². The topological polar surface area (TPSA) is 37.3 Å². The van der Waals surface area contributed by atoms with Crippen LogP contribution in [0, 0.1) is 13.8 Å². The molecule has 6 heteroatoms. The molecule has 2 heterocycles.